The van der Waals surface area contributed by atoms with E-state index < -0.39 is 47.9 Å². The third-order valence-corrected chi connectivity index (χ3v) is 4.80. The molecule has 188 valence electrons. The van der Waals surface area contributed by atoms with Crippen LogP contribution in [0, 0.1) is 0 Å². The molecule has 0 radical (unpaired) electrons. The molecule has 0 aliphatic heterocycles. The fourth-order valence-electron chi connectivity index (χ4n) is 2.80. The number of nitrogens with one attached hydrogen (secondary N) is 3. The van der Waals surface area contributed by atoms with Gasteiger partial charge in [0.25, 0.3) is 0 Å². The van der Waals surface area contributed by atoms with Crippen molar-refractivity contribution in [2.75, 3.05) is 6.54 Å². The minimum absolute atomic E-state index is 0.0183. The molecule has 0 spiro atoms. The number of hydrogen-bond acceptors (Lipinski definition) is 7. The number of carboxylic acids is 1. The van der Waals surface area contributed by atoms with Gasteiger partial charge < -0.3 is 43.4 Å². The average Bonchev–Trinajstić information content (AvgIpc) is 2.76. The summed E-state index contributed by atoms with van der Waals surface area (Å²) in [5, 5.41) is 26.0. The van der Waals surface area contributed by atoms with E-state index in [4.69, 9.17) is 17.2 Å². The summed E-state index contributed by atoms with van der Waals surface area (Å²) in [7, 11) is 0. The van der Waals surface area contributed by atoms with Crippen LogP contribution in [0.1, 0.15) is 32.3 Å². The number of phenolic OH excluding ortho intramolecular Hbond substituents is 1. The largest absolute Gasteiger partial charge is 0.508 e. The van der Waals surface area contributed by atoms with E-state index in [9.17, 15) is 29.4 Å². The van der Waals surface area contributed by atoms with Crippen LogP contribution >= 0.6 is 0 Å². The molecule has 0 aliphatic rings. The van der Waals surface area contributed by atoms with Crippen LogP contribution in [0.25, 0.3) is 0 Å². The molecule has 0 heterocycles. The maximum Gasteiger partial charge on any atom is 0.326 e. The van der Waals surface area contributed by atoms with Crippen LogP contribution in [0.15, 0.2) is 29.3 Å². The maximum atomic E-state index is 12.4. The van der Waals surface area contributed by atoms with E-state index in [1.165, 1.54) is 26.0 Å². The molecule has 4 unspecified atom stereocenters. The topological polar surface area (TPSA) is 235 Å². The number of carbonyl (C=O) groups is 4. The normalized spacial score (nSPS) is 14.1. The second-order valence-corrected chi connectivity index (χ2v) is 7.79. The minimum atomic E-state index is -1.26. The van der Waals surface area contributed by atoms with Crippen molar-refractivity contribution in [3.8, 4) is 5.75 Å². The number of nitrogens with zero attached hydrogens (tertiary/aromatic N) is 1. The molecule has 0 aliphatic carbocycles. The summed E-state index contributed by atoms with van der Waals surface area (Å²) in [5.41, 5.74) is 16.8. The molecular formula is C21H33N7O6. The molecule has 4 atom stereocenters. The number of aromatic hydroxyl groups is 1. The molecule has 0 bridgehead atoms. The van der Waals surface area contributed by atoms with Gasteiger partial charge in [-0.25, -0.2) is 4.79 Å². The lowest BCUT2D eigenvalue weighted by molar-refractivity contribution is -0.142. The highest BCUT2D eigenvalue weighted by Gasteiger charge is 2.26. The highest BCUT2D eigenvalue weighted by atomic mass is 16.4. The first-order valence-corrected chi connectivity index (χ1v) is 10.6. The summed E-state index contributed by atoms with van der Waals surface area (Å²) >= 11 is 0. The molecule has 13 heteroatoms. The number of nitrogens with two attached hydrogens (primary N) is 3. The number of aliphatic carboxylic acids is 1. The quantitative estimate of drug-likeness (QED) is 0.0876. The summed E-state index contributed by atoms with van der Waals surface area (Å²) in [5.74, 6) is -3.19. The van der Waals surface area contributed by atoms with Crippen molar-refractivity contribution in [3.63, 3.8) is 0 Å². The van der Waals surface area contributed by atoms with Crippen LogP contribution in [0.5, 0.6) is 5.75 Å². The summed E-state index contributed by atoms with van der Waals surface area (Å²) in [4.78, 5) is 52.3. The number of benzene rings is 1. The SMILES string of the molecule is CC(NC(=O)C(N)CCCN=C(N)N)C(=O)NC(C)C(=O)NC(Cc1ccc(O)cc1)C(=O)O. The molecule has 3 amide bonds. The molecule has 0 aromatic heterocycles. The van der Waals surface area contributed by atoms with Gasteiger partial charge in [-0.3, -0.25) is 19.4 Å². The van der Waals surface area contributed by atoms with Gasteiger partial charge in [-0.15, -0.1) is 0 Å². The number of rotatable bonds is 13. The van der Waals surface area contributed by atoms with Gasteiger partial charge in [-0.05, 0) is 44.4 Å². The first-order valence-electron chi connectivity index (χ1n) is 10.6. The van der Waals surface area contributed by atoms with Gasteiger partial charge in [-0.2, -0.15) is 0 Å². The van der Waals surface area contributed by atoms with E-state index in [0.29, 0.717) is 24.9 Å². The highest BCUT2D eigenvalue weighted by Crippen LogP contribution is 2.11. The molecule has 1 rings (SSSR count). The van der Waals surface area contributed by atoms with Crippen molar-refractivity contribution < 1.29 is 29.4 Å². The maximum absolute atomic E-state index is 12.4. The Kier molecular flexibility index (Phi) is 11.3. The van der Waals surface area contributed by atoms with Gasteiger partial charge >= 0.3 is 5.97 Å². The summed E-state index contributed by atoms with van der Waals surface area (Å²) in [6, 6.07) is 1.72. The van der Waals surface area contributed by atoms with Crippen LogP contribution in [0.4, 0.5) is 0 Å². The molecule has 0 fully saturated rings. The van der Waals surface area contributed by atoms with Crippen molar-refractivity contribution in [1.82, 2.24) is 16.0 Å². The Bertz CT molecular complexity index is 886. The standard InChI is InChI=1S/C21H33N7O6/c1-11(27-19(32)15(22)4-3-9-25-21(23)24)17(30)26-12(2)18(31)28-16(20(33)34)10-13-5-7-14(29)8-6-13/h5-8,11-12,15-16,29H,3-4,9-10,22H2,1-2H3,(H,26,30)(H,27,32)(H,28,31)(H,33,34)(H4,23,24,25). The lowest BCUT2D eigenvalue weighted by atomic mass is 10.1. The van der Waals surface area contributed by atoms with E-state index in [1.54, 1.807) is 12.1 Å². The summed E-state index contributed by atoms with van der Waals surface area (Å²) in [6.07, 6.45) is 0.752. The molecule has 34 heavy (non-hydrogen) atoms. The van der Waals surface area contributed by atoms with Crippen molar-refractivity contribution in [2.24, 2.45) is 22.2 Å². The zero-order valence-corrected chi connectivity index (χ0v) is 19.2. The first-order chi connectivity index (χ1) is 15.9. The number of amides is 3. The van der Waals surface area contributed by atoms with Gasteiger partial charge in [0, 0.05) is 13.0 Å². The van der Waals surface area contributed by atoms with Crippen LogP contribution in [-0.4, -0.2) is 70.6 Å². The Morgan fingerprint density at radius 3 is 2.00 bits per heavy atom. The zero-order chi connectivity index (χ0) is 25.8. The molecule has 11 N–H and O–H groups in total. The van der Waals surface area contributed by atoms with Crippen molar-refractivity contribution in [1.29, 1.82) is 0 Å². The lowest BCUT2D eigenvalue weighted by Crippen LogP contribution is -2.55. The van der Waals surface area contributed by atoms with E-state index in [1.807, 2.05) is 0 Å². The molecule has 1 aromatic rings. The van der Waals surface area contributed by atoms with E-state index in [-0.39, 0.29) is 18.1 Å². The minimum Gasteiger partial charge on any atom is -0.508 e. The van der Waals surface area contributed by atoms with Crippen LogP contribution in [0.2, 0.25) is 0 Å². The second kappa shape index (κ2) is 13.6. The molecule has 0 saturated carbocycles. The predicted octanol–water partition coefficient (Wildman–Crippen LogP) is -2.11. The second-order valence-electron chi connectivity index (χ2n) is 7.79. The molecule has 13 nitrogen and oxygen atoms in total. The van der Waals surface area contributed by atoms with Crippen LogP contribution in [-0.2, 0) is 25.6 Å². The number of carbonyl (C=O) groups excluding carboxylic acids is 3. The summed E-state index contributed by atoms with van der Waals surface area (Å²) in [6.45, 7) is 3.13. The Balaban J connectivity index is 2.55. The third-order valence-electron chi connectivity index (χ3n) is 4.80. The van der Waals surface area contributed by atoms with E-state index in [2.05, 4.69) is 20.9 Å². The smallest absolute Gasteiger partial charge is 0.326 e. The molecular weight excluding hydrogens is 446 g/mol. The highest BCUT2D eigenvalue weighted by molar-refractivity contribution is 5.93. The summed E-state index contributed by atoms with van der Waals surface area (Å²) < 4.78 is 0. The van der Waals surface area contributed by atoms with Crippen molar-refractivity contribution in [2.45, 2.75) is 57.3 Å². The third kappa shape index (κ3) is 10.2. The van der Waals surface area contributed by atoms with E-state index >= 15 is 0 Å². The Morgan fingerprint density at radius 1 is 0.941 bits per heavy atom. The number of hydrogen-bond donors (Lipinski definition) is 8. The fourth-order valence-corrected chi connectivity index (χ4v) is 2.80. The number of carboxylic acid groups (broad SMARTS) is 1. The van der Waals surface area contributed by atoms with Crippen molar-refractivity contribution >= 4 is 29.7 Å². The molecule has 0 saturated heterocycles. The fraction of sp³-hybridized carbons (Fsp3) is 0.476. The predicted molar refractivity (Wildman–Crippen MR) is 124 cm³/mol. The number of guanidine groups is 1. The lowest BCUT2D eigenvalue weighted by Gasteiger charge is -2.21. The van der Waals surface area contributed by atoms with Crippen LogP contribution in [0.3, 0.4) is 0 Å². The zero-order valence-electron chi connectivity index (χ0n) is 19.2. The number of phenols is 1. The Labute approximate surface area is 197 Å². The van der Waals surface area contributed by atoms with Gasteiger partial charge in [-0.1, -0.05) is 12.1 Å². The number of aliphatic imine (C=N–C) groups is 1. The van der Waals surface area contributed by atoms with Gasteiger partial charge in [0.05, 0.1) is 6.04 Å². The monoisotopic (exact) mass is 479 g/mol. The average molecular weight is 480 g/mol. The van der Waals surface area contributed by atoms with Crippen LogP contribution < -0.4 is 33.2 Å². The van der Waals surface area contributed by atoms with Gasteiger partial charge in [0.2, 0.25) is 17.7 Å². The van der Waals surface area contributed by atoms with Crippen molar-refractivity contribution in [3.05, 3.63) is 29.8 Å². The molecule has 1 aromatic carbocycles. The van der Waals surface area contributed by atoms with E-state index in [0.717, 1.165) is 0 Å². The first kappa shape index (κ1) is 28.2. The Hall–Kier alpha value is -3.87. The van der Waals surface area contributed by atoms with Gasteiger partial charge in [0.1, 0.15) is 23.9 Å². The Morgan fingerprint density at radius 2 is 1.47 bits per heavy atom. The van der Waals surface area contributed by atoms with Gasteiger partial charge in [0.15, 0.2) is 5.96 Å².